The summed E-state index contributed by atoms with van der Waals surface area (Å²) in [6.07, 6.45) is 0. The van der Waals surface area contributed by atoms with Gasteiger partial charge in [-0.15, -0.1) is 11.8 Å². The lowest BCUT2D eigenvalue weighted by Crippen LogP contribution is -2.18. The van der Waals surface area contributed by atoms with Crippen LogP contribution in [-0.2, 0) is 9.84 Å². The lowest BCUT2D eigenvalue weighted by Gasteiger charge is -2.08. The van der Waals surface area contributed by atoms with E-state index in [1.54, 1.807) is 25.6 Å². The van der Waals surface area contributed by atoms with Crippen molar-refractivity contribution in [1.29, 1.82) is 0 Å². The first kappa shape index (κ1) is 15.5. The third kappa shape index (κ3) is 4.63. The van der Waals surface area contributed by atoms with Gasteiger partial charge in [-0.05, 0) is 38.5 Å². The highest BCUT2D eigenvalue weighted by molar-refractivity contribution is 8.00. The normalized spacial score (nSPS) is 13.8. The summed E-state index contributed by atoms with van der Waals surface area (Å²) in [5.74, 6) is 0.822. The van der Waals surface area contributed by atoms with Crippen molar-refractivity contribution in [2.75, 3.05) is 11.5 Å². The van der Waals surface area contributed by atoms with Crippen LogP contribution in [0.5, 0.6) is 0 Å². The van der Waals surface area contributed by atoms with Gasteiger partial charge in [0.05, 0.1) is 11.0 Å². The second-order valence-corrected chi connectivity index (χ2v) is 8.47. The average molecular weight is 287 g/mol. The molecule has 0 amide bonds. The highest BCUT2D eigenvalue weighted by atomic mass is 32.2. The first-order chi connectivity index (χ1) is 8.33. The number of hydrogen-bond acceptors (Lipinski definition) is 4. The zero-order chi connectivity index (χ0) is 13.8. The van der Waals surface area contributed by atoms with Gasteiger partial charge in [0.2, 0.25) is 0 Å². The standard InChI is InChI=1S/C13H21NO2S2/c1-10(2)18(15,16)9-8-17-13-6-4-12(5-7-13)11(3)14/h4-7,10-11H,8-9,14H2,1-3H3. The lowest BCUT2D eigenvalue weighted by molar-refractivity contribution is 0.589. The SMILES string of the molecule is CC(N)c1ccc(SCCS(=O)(=O)C(C)C)cc1. The second-order valence-electron chi connectivity index (χ2n) is 4.62. The van der Waals surface area contributed by atoms with Crippen LogP contribution in [0.25, 0.3) is 0 Å². The zero-order valence-corrected chi connectivity index (χ0v) is 12.7. The lowest BCUT2D eigenvalue weighted by atomic mass is 10.1. The number of benzene rings is 1. The topological polar surface area (TPSA) is 60.2 Å². The van der Waals surface area contributed by atoms with E-state index in [1.165, 1.54) is 0 Å². The largest absolute Gasteiger partial charge is 0.324 e. The Morgan fingerprint density at radius 3 is 2.17 bits per heavy atom. The van der Waals surface area contributed by atoms with Crippen LogP contribution < -0.4 is 5.73 Å². The maximum Gasteiger partial charge on any atom is 0.153 e. The Kier molecular flexibility index (Phi) is 5.69. The Bertz CT molecular complexity index is 464. The van der Waals surface area contributed by atoms with Gasteiger partial charge in [-0.2, -0.15) is 0 Å². The number of hydrogen-bond donors (Lipinski definition) is 1. The van der Waals surface area contributed by atoms with Gasteiger partial charge in [0.15, 0.2) is 9.84 Å². The molecule has 1 aromatic carbocycles. The van der Waals surface area contributed by atoms with Crippen LogP contribution in [0, 0.1) is 0 Å². The predicted octanol–water partition coefficient (Wildman–Crippen LogP) is 2.62. The van der Waals surface area contributed by atoms with E-state index in [0.29, 0.717) is 5.75 Å². The Balaban J connectivity index is 2.50. The minimum atomic E-state index is -2.93. The van der Waals surface area contributed by atoms with Crippen molar-refractivity contribution in [3.63, 3.8) is 0 Å². The number of thioether (sulfide) groups is 1. The van der Waals surface area contributed by atoms with Gasteiger partial charge in [-0.1, -0.05) is 12.1 Å². The summed E-state index contributed by atoms with van der Waals surface area (Å²) in [5, 5.41) is -0.293. The molecule has 0 heterocycles. The summed E-state index contributed by atoms with van der Waals surface area (Å²) >= 11 is 1.57. The van der Waals surface area contributed by atoms with E-state index in [2.05, 4.69) is 0 Å². The molecule has 18 heavy (non-hydrogen) atoms. The Hall–Kier alpha value is -0.520. The van der Waals surface area contributed by atoms with Crippen LogP contribution in [0.4, 0.5) is 0 Å². The van der Waals surface area contributed by atoms with E-state index in [-0.39, 0.29) is 17.0 Å². The fourth-order valence-corrected chi connectivity index (χ4v) is 3.68. The zero-order valence-electron chi connectivity index (χ0n) is 11.1. The van der Waals surface area contributed by atoms with Gasteiger partial charge in [0, 0.05) is 16.7 Å². The van der Waals surface area contributed by atoms with Crippen molar-refractivity contribution in [3.05, 3.63) is 29.8 Å². The van der Waals surface area contributed by atoms with Crippen molar-refractivity contribution in [2.24, 2.45) is 5.73 Å². The Morgan fingerprint density at radius 2 is 1.72 bits per heavy atom. The molecule has 0 radical (unpaired) electrons. The van der Waals surface area contributed by atoms with Gasteiger partial charge >= 0.3 is 0 Å². The van der Waals surface area contributed by atoms with Crippen LogP contribution in [0.2, 0.25) is 0 Å². The predicted molar refractivity (Wildman–Crippen MR) is 78.7 cm³/mol. The van der Waals surface area contributed by atoms with E-state index in [1.807, 2.05) is 31.2 Å². The van der Waals surface area contributed by atoms with Crippen molar-refractivity contribution < 1.29 is 8.42 Å². The van der Waals surface area contributed by atoms with Crippen LogP contribution in [0.1, 0.15) is 32.4 Å². The third-order valence-electron chi connectivity index (χ3n) is 2.76. The smallest absolute Gasteiger partial charge is 0.153 e. The van der Waals surface area contributed by atoms with Crippen LogP contribution in [0.3, 0.4) is 0 Å². The first-order valence-corrected chi connectivity index (χ1v) is 8.73. The van der Waals surface area contributed by atoms with E-state index in [0.717, 1.165) is 10.5 Å². The number of sulfone groups is 1. The fourth-order valence-electron chi connectivity index (χ4n) is 1.38. The van der Waals surface area contributed by atoms with Gasteiger partial charge in [0.25, 0.3) is 0 Å². The number of rotatable bonds is 6. The molecule has 0 fully saturated rings. The Labute approximate surface area is 114 Å². The van der Waals surface area contributed by atoms with E-state index in [9.17, 15) is 8.42 Å². The van der Waals surface area contributed by atoms with Crippen LogP contribution in [0.15, 0.2) is 29.2 Å². The molecule has 0 bridgehead atoms. The minimum absolute atomic E-state index is 0.0327. The summed E-state index contributed by atoms with van der Waals surface area (Å²) in [6, 6.07) is 8.00. The van der Waals surface area contributed by atoms with Crippen LogP contribution in [-0.4, -0.2) is 25.2 Å². The first-order valence-electron chi connectivity index (χ1n) is 6.03. The summed E-state index contributed by atoms with van der Waals surface area (Å²) < 4.78 is 23.3. The summed E-state index contributed by atoms with van der Waals surface area (Å²) in [6.45, 7) is 5.38. The molecular formula is C13H21NO2S2. The van der Waals surface area contributed by atoms with E-state index < -0.39 is 9.84 Å². The molecule has 1 atom stereocenters. The van der Waals surface area contributed by atoms with E-state index >= 15 is 0 Å². The monoisotopic (exact) mass is 287 g/mol. The second kappa shape index (κ2) is 6.59. The van der Waals surface area contributed by atoms with Gasteiger partial charge in [-0.3, -0.25) is 0 Å². The van der Waals surface area contributed by atoms with Crippen molar-refractivity contribution in [3.8, 4) is 0 Å². The van der Waals surface area contributed by atoms with Crippen molar-refractivity contribution >= 4 is 21.6 Å². The molecule has 0 aliphatic heterocycles. The maximum atomic E-state index is 11.6. The molecule has 0 aliphatic carbocycles. The summed E-state index contributed by atoms with van der Waals surface area (Å²) in [7, 11) is -2.93. The molecule has 2 N–H and O–H groups in total. The molecule has 0 saturated carbocycles. The van der Waals surface area contributed by atoms with Gasteiger partial charge < -0.3 is 5.73 Å². The van der Waals surface area contributed by atoms with Crippen molar-refractivity contribution in [2.45, 2.75) is 37.0 Å². The Morgan fingerprint density at radius 1 is 1.17 bits per heavy atom. The molecule has 1 aromatic rings. The number of nitrogens with two attached hydrogens (primary N) is 1. The molecular weight excluding hydrogens is 266 g/mol. The summed E-state index contributed by atoms with van der Waals surface area (Å²) in [5.41, 5.74) is 6.86. The quantitative estimate of drug-likeness (QED) is 0.817. The fraction of sp³-hybridized carbons (Fsp3) is 0.538. The molecule has 5 heteroatoms. The third-order valence-corrected chi connectivity index (χ3v) is 6.24. The highest BCUT2D eigenvalue weighted by Crippen LogP contribution is 2.21. The van der Waals surface area contributed by atoms with Crippen molar-refractivity contribution in [1.82, 2.24) is 0 Å². The maximum absolute atomic E-state index is 11.6. The molecule has 0 aromatic heterocycles. The highest BCUT2D eigenvalue weighted by Gasteiger charge is 2.15. The summed E-state index contributed by atoms with van der Waals surface area (Å²) in [4.78, 5) is 1.08. The molecule has 0 spiro atoms. The molecule has 0 saturated heterocycles. The van der Waals surface area contributed by atoms with Gasteiger partial charge in [-0.25, -0.2) is 8.42 Å². The van der Waals surface area contributed by atoms with Gasteiger partial charge in [0.1, 0.15) is 0 Å². The van der Waals surface area contributed by atoms with E-state index in [4.69, 9.17) is 5.73 Å². The molecule has 102 valence electrons. The minimum Gasteiger partial charge on any atom is -0.324 e. The molecule has 3 nitrogen and oxygen atoms in total. The average Bonchev–Trinajstić information content (AvgIpc) is 2.29. The molecule has 1 unspecified atom stereocenters. The molecule has 0 aliphatic rings. The van der Waals surface area contributed by atoms with Crippen LogP contribution >= 0.6 is 11.8 Å². The molecule has 1 rings (SSSR count).